The molecule has 1 rings (SSSR count). The number of amides is 1. The van der Waals surface area contributed by atoms with Gasteiger partial charge in [-0.25, -0.2) is 0 Å². The average molecular weight is 251 g/mol. The molecule has 0 fully saturated rings. The van der Waals surface area contributed by atoms with Crippen LogP contribution in [0.25, 0.3) is 0 Å². The summed E-state index contributed by atoms with van der Waals surface area (Å²) in [7, 11) is 1.60. The third-order valence-electron chi connectivity index (χ3n) is 2.89. The lowest BCUT2D eigenvalue weighted by Gasteiger charge is -2.27. The van der Waals surface area contributed by atoms with Crippen molar-refractivity contribution in [1.29, 1.82) is 0 Å². The van der Waals surface area contributed by atoms with E-state index in [1.807, 2.05) is 13.8 Å². The van der Waals surface area contributed by atoms with E-state index in [9.17, 15) is 9.90 Å². The number of ether oxygens (including phenoxy) is 1. The summed E-state index contributed by atoms with van der Waals surface area (Å²) in [4.78, 5) is 14.1. The second-order valence-electron chi connectivity index (χ2n) is 4.56. The molecule has 1 aromatic rings. The monoisotopic (exact) mass is 251 g/mol. The normalized spacial score (nSPS) is 10.7. The smallest absolute Gasteiger partial charge is 0.257 e. The van der Waals surface area contributed by atoms with Crippen LogP contribution in [-0.4, -0.2) is 42.2 Å². The predicted molar refractivity (Wildman–Crippen MR) is 70.9 cm³/mol. The molecule has 0 bridgehead atoms. The van der Waals surface area contributed by atoms with E-state index in [0.717, 1.165) is 0 Å². The third kappa shape index (κ3) is 3.23. The minimum Gasteiger partial charge on any atom is -0.507 e. The first-order valence-electron chi connectivity index (χ1n) is 6.07. The summed E-state index contributed by atoms with van der Waals surface area (Å²) < 4.78 is 5.01. The highest BCUT2D eigenvalue weighted by molar-refractivity contribution is 5.97. The van der Waals surface area contributed by atoms with Gasteiger partial charge in [-0.1, -0.05) is 12.1 Å². The molecule has 0 unspecified atom stereocenters. The number of para-hydroxylation sites is 1. The van der Waals surface area contributed by atoms with Gasteiger partial charge in [0.15, 0.2) is 0 Å². The van der Waals surface area contributed by atoms with Crippen LogP contribution >= 0.6 is 0 Å². The number of methoxy groups -OCH3 is 1. The van der Waals surface area contributed by atoms with Crippen LogP contribution < -0.4 is 0 Å². The Balaban J connectivity index is 2.98. The van der Waals surface area contributed by atoms with Crippen LogP contribution in [0.1, 0.15) is 29.8 Å². The Labute approximate surface area is 108 Å². The number of carbonyl (C=O) groups is 1. The maximum Gasteiger partial charge on any atom is 0.257 e. The Hall–Kier alpha value is -1.55. The van der Waals surface area contributed by atoms with Gasteiger partial charge in [0.05, 0.1) is 12.2 Å². The molecule has 0 aromatic heterocycles. The van der Waals surface area contributed by atoms with Gasteiger partial charge in [0.1, 0.15) is 5.75 Å². The summed E-state index contributed by atoms with van der Waals surface area (Å²) in [5.74, 6) is -0.103. The van der Waals surface area contributed by atoms with Crippen molar-refractivity contribution in [2.45, 2.75) is 26.8 Å². The van der Waals surface area contributed by atoms with Gasteiger partial charge in [0.2, 0.25) is 0 Å². The fraction of sp³-hybridized carbons (Fsp3) is 0.500. The Kier molecular flexibility index (Phi) is 5.16. The zero-order valence-corrected chi connectivity index (χ0v) is 11.4. The number of hydrogen-bond donors (Lipinski definition) is 1. The lowest BCUT2D eigenvalue weighted by Crippen LogP contribution is -2.39. The SMILES string of the molecule is COCCN(C(=O)c1cccc(C)c1O)C(C)C. The molecule has 18 heavy (non-hydrogen) atoms. The van der Waals surface area contributed by atoms with Crippen LogP contribution in [-0.2, 0) is 4.74 Å². The number of aromatic hydroxyl groups is 1. The predicted octanol–water partition coefficient (Wildman–Crippen LogP) is 2.20. The zero-order valence-electron chi connectivity index (χ0n) is 11.4. The summed E-state index contributed by atoms with van der Waals surface area (Å²) in [6.07, 6.45) is 0. The van der Waals surface area contributed by atoms with Crippen molar-refractivity contribution in [3.05, 3.63) is 29.3 Å². The first-order chi connectivity index (χ1) is 8.49. The lowest BCUT2D eigenvalue weighted by atomic mass is 10.1. The van der Waals surface area contributed by atoms with Crippen LogP contribution in [0.2, 0.25) is 0 Å². The second-order valence-corrected chi connectivity index (χ2v) is 4.56. The molecular formula is C14H21NO3. The summed E-state index contributed by atoms with van der Waals surface area (Å²) in [6.45, 7) is 6.67. The fourth-order valence-corrected chi connectivity index (χ4v) is 1.77. The van der Waals surface area contributed by atoms with Crippen molar-refractivity contribution < 1.29 is 14.6 Å². The largest absolute Gasteiger partial charge is 0.507 e. The molecule has 4 nitrogen and oxygen atoms in total. The highest BCUT2D eigenvalue weighted by atomic mass is 16.5. The number of aryl methyl sites for hydroxylation is 1. The Morgan fingerprint density at radius 1 is 1.44 bits per heavy atom. The maximum absolute atomic E-state index is 12.4. The molecule has 1 aromatic carbocycles. The Morgan fingerprint density at radius 3 is 2.67 bits per heavy atom. The number of carbonyl (C=O) groups excluding carboxylic acids is 1. The van der Waals surface area contributed by atoms with Crippen molar-refractivity contribution in [1.82, 2.24) is 4.90 Å². The summed E-state index contributed by atoms with van der Waals surface area (Å²) in [5.41, 5.74) is 1.05. The molecule has 100 valence electrons. The van der Waals surface area contributed by atoms with Crippen LogP contribution in [0.3, 0.4) is 0 Å². The zero-order chi connectivity index (χ0) is 13.7. The third-order valence-corrected chi connectivity index (χ3v) is 2.89. The van der Waals surface area contributed by atoms with E-state index in [1.165, 1.54) is 0 Å². The van der Waals surface area contributed by atoms with Crippen molar-refractivity contribution in [2.24, 2.45) is 0 Å². The Bertz CT molecular complexity index is 416. The minimum atomic E-state index is -0.164. The molecule has 0 atom stereocenters. The molecule has 0 saturated heterocycles. The van der Waals surface area contributed by atoms with E-state index >= 15 is 0 Å². The molecule has 0 aliphatic heterocycles. The van der Waals surface area contributed by atoms with E-state index in [2.05, 4.69) is 0 Å². The molecule has 4 heteroatoms. The van der Waals surface area contributed by atoms with Crippen molar-refractivity contribution in [3.63, 3.8) is 0 Å². The van der Waals surface area contributed by atoms with E-state index in [-0.39, 0.29) is 17.7 Å². The molecule has 0 saturated carbocycles. The molecule has 1 N–H and O–H groups in total. The second kappa shape index (κ2) is 6.40. The molecule has 0 aliphatic rings. The molecule has 0 radical (unpaired) electrons. The minimum absolute atomic E-state index is 0.0607. The summed E-state index contributed by atoms with van der Waals surface area (Å²) >= 11 is 0. The van der Waals surface area contributed by atoms with Crippen LogP contribution in [0, 0.1) is 6.92 Å². The van der Waals surface area contributed by atoms with Gasteiger partial charge < -0.3 is 14.7 Å². The highest BCUT2D eigenvalue weighted by Gasteiger charge is 2.21. The average Bonchev–Trinajstić information content (AvgIpc) is 2.32. The van der Waals surface area contributed by atoms with Crippen LogP contribution in [0.15, 0.2) is 18.2 Å². The number of phenolic OH excluding ortho intramolecular Hbond substituents is 1. The summed E-state index contributed by atoms with van der Waals surface area (Å²) in [6, 6.07) is 5.26. The quantitative estimate of drug-likeness (QED) is 0.872. The van der Waals surface area contributed by atoms with E-state index in [4.69, 9.17) is 4.74 Å². The summed E-state index contributed by atoms with van der Waals surface area (Å²) in [5, 5.41) is 9.95. The Morgan fingerprint density at radius 2 is 2.11 bits per heavy atom. The first kappa shape index (κ1) is 14.5. The van der Waals surface area contributed by atoms with E-state index < -0.39 is 0 Å². The van der Waals surface area contributed by atoms with Crippen molar-refractivity contribution in [2.75, 3.05) is 20.3 Å². The molecular weight excluding hydrogens is 230 g/mol. The number of benzene rings is 1. The topological polar surface area (TPSA) is 49.8 Å². The fourth-order valence-electron chi connectivity index (χ4n) is 1.77. The standard InChI is InChI=1S/C14H21NO3/c1-10(2)15(8-9-18-4)14(17)12-7-5-6-11(3)13(12)16/h5-7,10,16H,8-9H2,1-4H3. The van der Waals surface area contributed by atoms with Crippen molar-refractivity contribution in [3.8, 4) is 5.75 Å². The number of rotatable bonds is 5. The van der Waals surface area contributed by atoms with Gasteiger partial charge in [0.25, 0.3) is 5.91 Å². The van der Waals surface area contributed by atoms with Gasteiger partial charge in [-0.15, -0.1) is 0 Å². The van der Waals surface area contributed by atoms with Gasteiger partial charge in [-0.3, -0.25) is 4.79 Å². The van der Waals surface area contributed by atoms with E-state index in [0.29, 0.717) is 24.3 Å². The van der Waals surface area contributed by atoms with Crippen LogP contribution in [0.5, 0.6) is 5.75 Å². The maximum atomic E-state index is 12.4. The van der Waals surface area contributed by atoms with Gasteiger partial charge in [0, 0.05) is 19.7 Å². The molecule has 1 amide bonds. The van der Waals surface area contributed by atoms with Gasteiger partial charge >= 0.3 is 0 Å². The van der Waals surface area contributed by atoms with Gasteiger partial charge in [-0.05, 0) is 32.4 Å². The first-order valence-corrected chi connectivity index (χ1v) is 6.07. The molecule has 0 aliphatic carbocycles. The highest BCUT2D eigenvalue weighted by Crippen LogP contribution is 2.23. The number of nitrogens with zero attached hydrogens (tertiary/aromatic N) is 1. The van der Waals surface area contributed by atoms with Crippen molar-refractivity contribution >= 4 is 5.91 Å². The van der Waals surface area contributed by atoms with Gasteiger partial charge in [-0.2, -0.15) is 0 Å². The lowest BCUT2D eigenvalue weighted by molar-refractivity contribution is 0.0632. The number of hydrogen-bond acceptors (Lipinski definition) is 3. The number of phenols is 1. The molecule has 0 heterocycles. The molecule has 0 spiro atoms. The van der Waals surface area contributed by atoms with E-state index in [1.54, 1.807) is 37.1 Å². The van der Waals surface area contributed by atoms with Crippen LogP contribution in [0.4, 0.5) is 0 Å².